The smallest absolute Gasteiger partial charge is 0.168 e. The van der Waals surface area contributed by atoms with Crippen molar-refractivity contribution in [1.29, 1.82) is 0 Å². The van der Waals surface area contributed by atoms with Gasteiger partial charge in [-0.2, -0.15) is 0 Å². The van der Waals surface area contributed by atoms with Gasteiger partial charge in [0.1, 0.15) is 5.60 Å². The molecule has 0 saturated heterocycles. The van der Waals surface area contributed by atoms with Crippen LogP contribution in [-0.4, -0.2) is 16.5 Å². The Morgan fingerprint density at radius 2 is 1.94 bits per heavy atom. The van der Waals surface area contributed by atoms with Crippen LogP contribution in [0.5, 0.6) is 0 Å². The molecule has 1 aliphatic rings. The number of carbonyl (C=O) groups excluding carboxylic acids is 1. The van der Waals surface area contributed by atoms with Gasteiger partial charge in [0.2, 0.25) is 0 Å². The van der Waals surface area contributed by atoms with Crippen LogP contribution in [0.25, 0.3) is 5.57 Å². The summed E-state index contributed by atoms with van der Waals surface area (Å²) in [5.41, 5.74) is 0.417. The Morgan fingerprint density at radius 3 is 2.61 bits per heavy atom. The summed E-state index contributed by atoms with van der Waals surface area (Å²) < 4.78 is 0. The van der Waals surface area contributed by atoms with Gasteiger partial charge in [0.15, 0.2) is 5.78 Å². The minimum atomic E-state index is -1.29. The Balaban J connectivity index is 2.40. The van der Waals surface area contributed by atoms with Crippen LogP contribution in [0.15, 0.2) is 36.4 Å². The molecule has 2 nitrogen and oxygen atoms in total. The molecule has 0 aromatic heterocycles. The van der Waals surface area contributed by atoms with E-state index in [1.807, 2.05) is 43.3 Å². The molecule has 1 aromatic rings. The first-order valence-corrected chi connectivity index (χ1v) is 6.66. The molecule has 1 unspecified atom stereocenters. The zero-order valence-corrected chi connectivity index (χ0v) is 10.9. The van der Waals surface area contributed by atoms with E-state index in [1.54, 1.807) is 0 Å². The number of rotatable bonds is 2. The molecule has 18 heavy (non-hydrogen) atoms. The summed E-state index contributed by atoms with van der Waals surface area (Å²) in [6.45, 7) is 1.89. The van der Waals surface area contributed by atoms with Crippen LogP contribution in [-0.2, 0) is 4.79 Å². The van der Waals surface area contributed by atoms with E-state index < -0.39 is 5.60 Å². The molecule has 96 valence electrons. The van der Waals surface area contributed by atoms with E-state index in [0.29, 0.717) is 12.8 Å². The number of ketones is 1. The first kappa shape index (κ1) is 13.0. The van der Waals surface area contributed by atoms with E-state index in [9.17, 15) is 9.90 Å². The van der Waals surface area contributed by atoms with Crippen molar-refractivity contribution >= 4 is 11.4 Å². The maximum Gasteiger partial charge on any atom is 0.168 e. The maximum atomic E-state index is 12.2. The van der Waals surface area contributed by atoms with Gasteiger partial charge in [-0.05, 0) is 37.3 Å². The third-order valence-corrected chi connectivity index (χ3v) is 3.72. The van der Waals surface area contributed by atoms with E-state index in [1.165, 1.54) is 0 Å². The summed E-state index contributed by atoms with van der Waals surface area (Å²) in [5, 5.41) is 10.8. The van der Waals surface area contributed by atoms with Crippen LogP contribution >= 0.6 is 0 Å². The number of hydrogen-bond donors (Lipinski definition) is 1. The summed E-state index contributed by atoms with van der Waals surface area (Å²) in [6, 6.07) is 9.71. The van der Waals surface area contributed by atoms with Crippen LogP contribution in [0.2, 0.25) is 0 Å². The van der Waals surface area contributed by atoms with Crippen molar-refractivity contribution in [3.8, 4) is 0 Å². The standard InChI is InChI=1S/C16H20O2/c1-2-14(13-9-5-3-6-10-13)16(18)12-8-4-7-11-15(16)17/h2-3,5-6,9-10,18H,4,7-8,11-12H2,1H3/b14-2-. The molecule has 2 heteroatoms. The van der Waals surface area contributed by atoms with Crippen molar-refractivity contribution in [3.05, 3.63) is 42.0 Å². The van der Waals surface area contributed by atoms with Gasteiger partial charge in [0.05, 0.1) is 0 Å². The average molecular weight is 244 g/mol. The number of allylic oxidation sites excluding steroid dienone is 1. The molecule has 2 rings (SSSR count). The summed E-state index contributed by atoms with van der Waals surface area (Å²) in [6.07, 6.45) is 5.73. The molecule has 0 heterocycles. The van der Waals surface area contributed by atoms with Gasteiger partial charge in [-0.3, -0.25) is 4.79 Å². The molecule has 1 atom stereocenters. The van der Waals surface area contributed by atoms with E-state index >= 15 is 0 Å². The number of carbonyl (C=O) groups is 1. The van der Waals surface area contributed by atoms with Crippen molar-refractivity contribution in [3.63, 3.8) is 0 Å². The highest BCUT2D eigenvalue weighted by Gasteiger charge is 2.39. The molecule has 0 aliphatic heterocycles. The van der Waals surface area contributed by atoms with Gasteiger partial charge < -0.3 is 5.11 Å². The minimum Gasteiger partial charge on any atom is -0.377 e. The van der Waals surface area contributed by atoms with Gasteiger partial charge >= 0.3 is 0 Å². The van der Waals surface area contributed by atoms with E-state index in [0.717, 1.165) is 30.4 Å². The molecule has 0 bridgehead atoms. The quantitative estimate of drug-likeness (QED) is 0.810. The molecule has 1 aliphatic carbocycles. The SMILES string of the molecule is C/C=C(/c1ccccc1)C1(O)CCCCCC1=O. The van der Waals surface area contributed by atoms with Crippen LogP contribution in [0.1, 0.15) is 44.6 Å². The minimum absolute atomic E-state index is 0.0306. The lowest BCUT2D eigenvalue weighted by atomic mass is 9.81. The predicted molar refractivity (Wildman–Crippen MR) is 73.1 cm³/mol. The van der Waals surface area contributed by atoms with Crippen LogP contribution in [0.4, 0.5) is 0 Å². The fraction of sp³-hybridized carbons (Fsp3) is 0.438. The topological polar surface area (TPSA) is 37.3 Å². The van der Waals surface area contributed by atoms with Crippen molar-refractivity contribution in [2.24, 2.45) is 0 Å². The molecule has 0 amide bonds. The first-order valence-electron chi connectivity index (χ1n) is 6.66. The molecular weight excluding hydrogens is 224 g/mol. The fourth-order valence-corrected chi connectivity index (χ4v) is 2.74. The van der Waals surface area contributed by atoms with Gasteiger partial charge in [-0.25, -0.2) is 0 Å². The summed E-state index contributed by atoms with van der Waals surface area (Å²) in [7, 11) is 0. The molecule has 1 saturated carbocycles. The Morgan fingerprint density at radius 1 is 1.22 bits per heavy atom. The Bertz CT molecular complexity index is 447. The normalized spacial score (nSPS) is 25.9. The number of benzene rings is 1. The third-order valence-electron chi connectivity index (χ3n) is 3.72. The molecule has 1 aromatic carbocycles. The Labute approximate surface area is 108 Å². The second-order valence-corrected chi connectivity index (χ2v) is 4.91. The predicted octanol–water partition coefficient (Wildman–Crippen LogP) is 3.35. The van der Waals surface area contributed by atoms with Crippen molar-refractivity contribution in [1.82, 2.24) is 0 Å². The monoisotopic (exact) mass is 244 g/mol. The van der Waals surface area contributed by atoms with Crippen LogP contribution in [0, 0.1) is 0 Å². The Hall–Kier alpha value is -1.41. The molecule has 0 spiro atoms. The summed E-state index contributed by atoms with van der Waals surface area (Å²) in [4.78, 5) is 12.2. The van der Waals surface area contributed by atoms with E-state index in [-0.39, 0.29) is 5.78 Å². The van der Waals surface area contributed by atoms with Crippen molar-refractivity contribution in [2.45, 2.75) is 44.6 Å². The largest absolute Gasteiger partial charge is 0.377 e. The summed E-state index contributed by atoms with van der Waals surface area (Å²) in [5.74, 6) is -0.0306. The lowest BCUT2D eigenvalue weighted by Crippen LogP contribution is -2.38. The zero-order valence-electron chi connectivity index (χ0n) is 10.9. The average Bonchev–Trinajstić information content (AvgIpc) is 2.55. The number of aliphatic hydroxyl groups is 1. The highest BCUT2D eigenvalue weighted by Crippen LogP contribution is 2.36. The second kappa shape index (κ2) is 5.49. The lowest BCUT2D eigenvalue weighted by Gasteiger charge is -2.28. The highest BCUT2D eigenvalue weighted by atomic mass is 16.3. The van der Waals surface area contributed by atoms with E-state index in [4.69, 9.17) is 0 Å². The van der Waals surface area contributed by atoms with Gasteiger partial charge in [-0.15, -0.1) is 0 Å². The maximum absolute atomic E-state index is 12.2. The summed E-state index contributed by atoms with van der Waals surface area (Å²) >= 11 is 0. The Kier molecular flexibility index (Phi) is 3.97. The van der Waals surface area contributed by atoms with Gasteiger partial charge in [0.25, 0.3) is 0 Å². The van der Waals surface area contributed by atoms with Gasteiger partial charge in [-0.1, -0.05) is 42.8 Å². The van der Waals surface area contributed by atoms with Gasteiger partial charge in [0, 0.05) is 6.42 Å². The third kappa shape index (κ3) is 2.39. The fourth-order valence-electron chi connectivity index (χ4n) is 2.74. The molecule has 0 radical (unpaired) electrons. The molecule has 1 N–H and O–H groups in total. The molecular formula is C16H20O2. The van der Waals surface area contributed by atoms with E-state index in [2.05, 4.69) is 0 Å². The lowest BCUT2D eigenvalue weighted by molar-refractivity contribution is -0.131. The first-order chi connectivity index (χ1) is 8.68. The van der Waals surface area contributed by atoms with Crippen molar-refractivity contribution in [2.75, 3.05) is 0 Å². The number of hydrogen-bond acceptors (Lipinski definition) is 2. The van der Waals surface area contributed by atoms with Crippen LogP contribution < -0.4 is 0 Å². The van der Waals surface area contributed by atoms with Crippen molar-refractivity contribution < 1.29 is 9.90 Å². The number of Topliss-reactive ketones (excluding diaryl/α,β-unsaturated/α-hetero) is 1. The second-order valence-electron chi connectivity index (χ2n) is 4.91. The zero-order chi connectivity index (χ0) is 13.0. The van der Waals surface area contributed by atoms with Crippen LogP contribution in [0.3, 0.4) is 0 Å². The molecule has 1 fully saturated rings. The highest BCUT2D eigenvalue weighted by molar-refractivity contribution is 6.00.